The van der Waals surface area contributed by atoms with Gasteiger partial charge >= 0.3 is 71.5 Å². The minimum absolute atomic E-state index is 0. The van der Waals surface area contributed by atoms with Crippen molar-refractivity contribution in [3.8, 4) is 46.3 Å². The summed E-state index contributed by atoms with van der Waals surface area (Å²) in [6.45, 7) is 11.9. The van der Waals surface area contributed by atoms with Crippen molar-refractivity contribution in [3.63, 3.8) is 0 Å². The Morgan fingerprint density at radius 1 is 0.718 bits per heavy atom. The number of nitrogens with zero attached hydrogens (tertiary/aromatic N) is 11. The monoisotopic (exact) mass is 1180 g/mol. The molecule has 0 fully saturated rings. The molecule has 6 aromatic heterocycles. The van der Waals surface area contributed by atoms with Crippen LogP contribution >= 0.6 is 0 Å². The van der Waals surface area contributed by atoms with Crippen molar-refractivity contribution < 1.29 is 122 Å². The molecule has 0 amide bonds. The van der Waals surface area contributed by atoms with Gasteiger partial charge in [0, 0.05) is 69.0 Å². The van der Waals surface area contributed by atoms with Gasteiger partial charge in [0.15, 0.2) is 0 Å². The van der Waals surface area contributed by atoms with Crippen LogP contribution < -0.4 is 69.5 Å². The molecule has 0 bridgehead atoms. The predicted molar refractivity (Wildman–Crippen MR) is 234 cm³/mol. The van der Waals surface area contributed by atoms with Crippen molar-refractivity contribution in [2.24, 2.45) is 0 Å². The Morgan fingerprint density at radius 2 is 1.24 bits per heavy atom. The zero-order chi connectivity index (χ0) is 50.1. The second kappa shape index (κ2) is 28.9. The predicted octanol–water partition coefficient (Wildman–Crippen LogP) is 3.05. The minimum atomic E-state index is -4.48. The third kappa shape index (κ3) is 20.1. The first-order valence-corrected chi connectivity index (χ1v) is 19.9. The third-order valence-electron chi connectivity index (χ3n) is 8.97. The molecule has 8 aromatic rings. The van der Waals surface area contributed by atoms with Crippen molar-refractivity contribution in [1.29, 1.82) is 10.5 Å². The van der Waals surface area contributed by atoms with Crippen LogP contribution in [0.25, 0.3) is 34.2 Å². The SMILES string of the molecule is CC(C)(C)c1ccnc(-c2cc(C(F)(F)F)[nH]n2)c1.CC(C)(C)c1ccnc(-c2cc(C(F)(F)F)n[n-]2)c1.N#Cc1c[c-]c(-n2cccn2)cc1.N#Cc1ccc(-n2cccn2)cc1.O=CO[O-].[H-].[Ir].[Na+].[Na+]. The Hall–Kier alpha value is -5.78. The van der Waals surface area contributed by atoms with E-state index in [4.69, 9.17) is 20.6 Å². The summed E-state index contributed by atoms with van der Waals surface area (Å²) in [4.78, 5) is 19.4. The summed E-state index contributed by atoms with van der Waals surface area (Å²) in [5.74, 6) is 0. The van der Waals surface area contributed by atoms with E-state index < -0.39 is 23.7 Å². The molecule has 6 heterocycles. The number of pyridine rings is 2. The summed E-state index contributed by atoms with van der Waals surface area (Å²) < 4.78 is 78.3. The van der Waals surface area contributed by atoms with Gasteiger partial charge < -0.3 is 21.8 Å². The number of benzene rings is 2. The normalized spacial score (nSPS) is 10.6. The van der Waals surface area contributed by atoms with Crippen LogP contribution in [0.1, 0.15) is 76.6 Å². The summed E-state index contributed by atoms with van der Waals surface area (Å²) in [6, 6.07) is 32.3. The van der Waals surface area contributed by atoms with Crippen LogP contribution in [-0.4, -0.2) is 51.3 Å². The van der Waals surface area contributed by atoms with Crippen LogP contribution in [0.4, 0.5) is 26.3 Å². The molecule has 0 atom stereocenters. The van der Waals surface area contributed by atoms with Crippen molar-refractivity contribution in [3.05, 3.63) is 168 Å². The Labute approximate surface area is 464 Å². The second-order valence-electron chi connectivity index (χ2n) is 16.0. The number of hydrogen-bond acceptors (Lipinski definition) is 11. The quantitative estimate of drug-likeness (QED) is 0.0658. The Balaban J connectivity index is 0.000000904. The van der Waals surface area contributed by atoms with Gasteiger partial charge in [0.1, 0.15) is 17.1 Å². The molecule has 0 unspecified atom stereocenters. The van der Waals surface area contributed by atoms with Crippen LogP contribution in [0.5, 0.6) is 0 Å². The van der Waals surface area contributed by atoms with E-state index in [1.165, 1.54) is 0 Å². The van der Waals surface area contributed by atoms with Crippen molar-refractivity contribution in [2.45, 2.75) is 64.7 Å². The Kier molecular flexibility index (Phi) is 25.8. The fourth-order valence-electron chi connectivity index (χ4n) is 5.38. The first-order valence-electron chi connectivity index (χ1n) is 19.9. The molecule has 71 heavy (non-hydrogen) atoms. The van der Waals surface area contributed by atoms with Gasteiger partial charge in [-0.1, -0.05) is 52.8 Å². The van der Waals surface area contributed by atoms with Gasteiger partial charge in [-0.05, 0) is 100 Å². The summed E-state index contributed by atoms with van der Waals surface area (Å²) in [5.41, 5.74) is 4.14. The summed E-state index contributed by atoms with van der Waals surface area (Å²) in [7, 11) is 0. The Morgan fingerprint density at radius 3 is 1.66 bits per heavy atom. The molecule has 363 valence electrons. The largest absolute Gasteiger partial charge is 1.00 e. The van der Waals surface area contributed by atoms with Crippen molar-refractivity contribution >= 4 is 6.47 Å². The molecular weight excluding hydrogens is 1130 g/mol. The molecule has 0 aliphatic rings. The Bertz CT molecular complexity index is 2700. The zero-order valence-electron chi connectivity index (χ0n) is 40.4. The number of carbonyl (C=O) groups excluding carboxylic acids is 1. The number of H-pyrrole nitrogens is 1. The second-order valence-corrected chi connectivity index (χ2v) is 16.0. The minimum Gasteiger partial charge on any atom is -1.00 e. The van der Waals surface area contributed by atoms with Gasteiger partial charge in [0.05, 0.1) is 23.0 Å². The summed E-state index contributed by atoms with van der Waals surface area (Å²) >= 11 is 0. The number of nitriles is 2. The molecular formula is C47H42F6IrN12Na2O3-2. The standard InChI is InChI=1S/C13H14F3N3.C13H13F3N3.C10H7N3.C10H6N3.CH2O3.Ir.2Na.H/c2*1-12(2,3)8-4-5-17-9(6-8)10-7-11(19-18-10)13(14,15)16;2*11-8-9-2-4-10(5-3-9)13-7-1-6-12-13;2-1-4-3;;;;/h4-7H,1-3H3,(H,18,19);4-7H,1-3H3;1-7H;1-4,6-7H;1,3H;;;;/q;-1;;-1;;;2*+1;-1/p-1. The number of nitrogens with one attached hydrogen (secondary N) is 1. The smallest absolute Gasteiger partial charge is 1.00 e. The number of alkyl halides is 6. The number of rotatable bonds is 5. The third-order valence-corrected chi connectivity index (χ3v) is 8.97. The molecule has 0 saturated heterocycles. The average molecular weight is 1180 g/mol. The van der Waals surface area contributed by atoms with E-state index in [2.05, 4.69) is 52.5 Å². The fraction of sp³-hybridized carbons (Fsp3) is 0.213. The van der Waals surface area contributed by atoms with E-state index in [0.29, 0.717) is 22.5 Å². The van der Waals surface area contributed by atoms with Crippen LogP contribution in [0, 0.1) is 28.7 Å². The first-order chi connectivity index (χ1) is 32.1. The molecule has 8 rings (SSSR count). The molecule has 0 aliphatic heterocycles. The maximum absolute atomic E-state index is 12.5. The molecule has 0 aliphatic carbocycles. The van der Waals surface area contributed by atoms with E-state index in [1.54, 1.807) is 70.5 Å². The van der Waals surface area contributed by atoms with Gasteiger partial charge in [-0.2, -0.15) is 65.1 Å². The van der Waals surface area contributed by atoms with Gasteiger partial charge in [-0.15, -0.1) is 6.07 Å². The number of hydrogen-bond donors (Lipinski definition) is 1. The molecule has 15 nitrogen and oxygen atoms in total. The van der Waals surface area contributed by atoms with E-state index in [-0.39, 0.29) is 109 Å². The average Bonchev–Trinajstić information content (AvgIpc) is 4.18. The molecule has 2 aromatic carbocycles. The fourth-order valence-corrected chi connectivity index (χ4v) is 5.38. The van der Waals surface area contributed by atoms with Crippen LogP contribution in [-0.2, 0) is 53.0 Å². The number of carbonyl (C=O) groups is 1. The van der Waals surface area contributed by atoms with E-state index >= 15 is 0 Å². The van der Waals surface area contributed by atoms with E-state index in [9.17, 15) is 26.3 Å². The maximum Gasteiger partial charge on any atom is 1.00 e. The molecule has 24 heteroatoms. The molecule has 0 spiro atoms. The molecule has 1 radical (unpaired) electrons. The molecule has 1 N–H and O–H groups in total. The number of aromatic amines is 1. The maximum atomic E-state index is 12.5. The summed E-state index contributed by atoms with van der Waals surface area (Å²) in [6.07, 6.45) is 1.36. The van der Waals surface area contributed by atoms with Gasteiger partial charge in [-0.3, -0.25) is 24.5 Å². The van der Waals surface area contributed by atoms with Crippen LogP contribution in [0.15, 0.2) is 128 Å². The van der Waals surface area contributed by atoms with Crippen LogP contribution in [0.2, 0.25) is 0 Å². The summed E-state index contributed by atoms with van der Waals surface area (Å²) in [5, 5.41) is 46.0. The topological polar surface area (TPSA) is 214 Å². The van der Waals surface area contributed by atoms with Crippen molar-refractivity contribution in [1.82, 2.24) is 49.9 Å². The van der Waals surface area contributed by atoms with E-state index in [0.717, 1.165) is 34.6 Å². The van der Waals surface area contributed by atoms with Crippen molar-refractivity contribution in [2.75, 3.05) is 0 Å². The molecule has 0 saturated carbocycles. The van der Waals surface area contributed by atoms with Gasteiger partial charge in [0.25, 0.3) is 6.47 Å². The van der Waals surface area contributed by atoms with E-state index in [1.807, 2.05) is 108 Å². The number of aromatic nitrogens is 10. The van der Waals surface area contributed by atoms with Gasteiger partial charge in [0.2, 0.25) is 0 Å². The van der Waals surface area contributed by atoms with Crippen LogP contribution in [0.3, 0.4) is 0 Å². The van der Waals surface area contributed by atoms with Gasteiger partial charge in [-0.25, -0.2) is 9.94 Å². The zero-order valence-corrected chi connectivity index (χ0v) is 45.8. The first kappa shape index (κ1) is 63.2. The number of halogens is 6.